The lowest BCUT2D eigenvalue weighted by atomic mass is 10.0. The number of fused-ring (bicyclic) bond motifs is 1. The van der Waals surface area contributed by atoms with Crippen molar-refractivity contribution in [1.82, 2.24) is 19.9 Å². The van der Waals surface area contributed by atoms with Gasteiger partial charge in [0.15, 0.2) is 0 Å². The topological polar surface area (TPSA) is 83.6 Å². The maximum absolute atomic E-state index is 11.5. The van der Waals surface area contributed by atoms with Crippen LogP contribution in [0, 0.1) is 0 Å². The Morgan fingerprint density at radius 2 is 1.93 bits per heavy atom. The average Bonchev–Trinajstić information content (AvgIpc) is 3.17. The molecule has 0 spiro atoms. The van der Waals surface area contributed by atoms with Gasteiger partial charge in [0.1, 0.15) is 11.5 Å². The fourth-order valence-electron chi connectivity index (χ4n) is 3.09. The number of aromatic nitrogens is 4. The maximum atomic E-state index is 11.5. The summed E-state index contributed by atoms with van der Waals surface area (Å²) in [5.74, 6) is 0.175. The highest BCUT2D eigenvalue weighted by atomic mass is 16.1. The zero-order chi connectivity index (χ0) is 19.5. The third-order valence-corrected chi connectivity index (χ3v) is 4.55. The van der Waals surface area contributed by atoms with E-state index in [9.17, 15) is 4.79 Å². The third-order valence-electron chi connectivity index (χ3n) is 4.55. The molecule has 0 bridgehead atoms. The number of aromatic amines is 1. The van der Waals surface area contributed by atoms with Crippen molar-refractivity contribution in [3.8, 4) is 22.3 Å². The molecule has 4 rings (SSSR count). The van der Waals surface area contributed by atoms with E-state index < -0.39 is 0 Å². The molecule has 0 atom stereocenters. The minimum atomic E-state index is -0.296. The molecular formula is C22H19N5O. The zero-order valence-electron chi connectivity index (χ0n) is 15.4. The van der Waals surface area contributed by atoms with Crippen LogP contribution in [0.3, 0.4) is 0 Å². The van der Waals surface area contributed by atoms with Gasteiger partial charge in [0.05, 0.1) is 0 Å². The molecule has 0 aromatic carbocycles. The van der Waals surface area contributed by atoms with Crippen LogP contribution in [0.25, 0.3) is 33.3 Å². The van der Waals surface area contributed by atoms with Crippen LogP contribution in [0.4, 0.5) is 5.82 Å². The van der Waals surface area contributed by atoms with Gasteiger partial charge in [0, 0.05) is 47.0 Å². The van der Waals surface area contributed by atoms with Gasteiger partial charge in [0.2, 0.25) is 5.91 Å². The second-order valence-corrected chi connectivity index (χ2v) is 6.34. The molecule has 4 heterocycles. The summed E-state index contributed by atoms with van der Waals surface area (Å²) in [4.78, 5) is 27.9. The molecule has 0 unspecified atom stereocenters. The van der Waals surface area contributed by atoms with Crippen LogP contribution in [0.1, 0.15) is 12.6 Å². The summed E-state index contributed by atoms with van der Waals surface area (Å²) in [6.07, 6.45) is 9.37. The summed E-state index contributed by atoms with van der Waals surface area (Å²) in [6.45, 7) is 5.55. The Kier molecular flexibility index (Phi) is 4.68. The summed E-state index contributed by atoms with van der Waals surface area (Å²) in [7, 11) is 0. The minimum Gasteiger partial charge on any atom is -0.346 e. The smallest absolute Gasteiger partial charge is 0.248 e. The number of rotatable bonds is 5. The van der Waals surface area contributed by atoms with E-state index in [0.29, 0.717) is 5.82 Å². The van der Waals surface area contributed by atoms with E-state index in [1.54, 1.807) is 12.4 Å². The molecule has 0 radical (unpaired) electrons. The molecule has 4 aromatic rings. The van der Waals surface area contributed by atoms with Crippen molar-refractivity contribution < 1.29 is 4.79 Å². The van der Waals surface area contributed by atoms with Gasteiger partial charge in [-0.05, 0) is 54.0 Å². The van der Waals surface area contributed by atoms with E-state index >= 15 is 0 Å². The molecule has 1 amide bonds. The quantitative estimate of drug-likeness (QED) is 0.512. The largest absolute Gasteiger partial charge is 0.346 e. The molecular weight excluding hydrogens is 350 g/mol. The number of carbonyl (C=O) groups is 1. The molecule has 0 aliphatic rings. The van der Waals surface area contributed by atoms with Crippen LogP contribution in [0.15, 0.2) is 67.8 Å². The lowest BCUT2D eigenvalue weighted by Crippen LogP contribution is -2.08. The number of H-pyrrole nitrogens is 1. The molecule has 2 N–H and O–H groups in total. The standard InChI is InChI=1S/C22H19N5O/c1-3-17-9-15(6-7-23-17)19-13-26-22-18(19)10-16(12-25-22)14-5-8-24-20(11-14)27-21(28)4-2/h4-13H,2-3H2,1H3,(H,25,26)(H,24,27,28). The van der Waals surface area contributed by atoms with Crippen LogP contribution in [-0.4, -0.2) is 25.8 Å². The first-order valence-corrected chi connectivity index (χ1v) is 9.00. The number of hydrogen-bond donors (Lipinski definition) is 2. The number of carbonyl (C=O) groups excluding carboxylic acids is 1. The molecule has 0 fully saturated rings. The minimum absolute atomic E-state index is 0.296. The molecule has 138 valence electrons. The molecule has 0 saturated carbocycles. The molecule has 4 aromatic heterocycles. The monoisotopic (exact) mass is 369 g/mol. The summed E-state index contributed by atoms with van der Waals surface area (Å²) in [5, 5.41) is 3.71. The van der Waals surface area contributed by atoms with Gasteiger partial charge in [-0.3, -0.25) is 9.78 Å². The highest BCUT2D eigenvalue weighted by Crippen LogP contribution is 2.31. The summed E-state index contributed by atoms with van der Waals surface area (Å²) < 4.78 is 0. The number of hydrogen-bond acceptors (Lipinski definition) is 4. The number of aryl methyl sites for hydroxylation is 1. The Labute approximate surface area is 162 Å². The Morgan fingerprint density at radius 1 is 1.11 bits per heavy atom. The lowest BCUT2D eigenvalue weighted by Gasteiger charge is -2.06. The van der Waals surface area contributed by atoms with Crippen LogP contribution >= 0.6 is 0 Å². The van der Waals surface area contributed by atoms with Gasteiger partial charge >= 0.3 is 0 Å². The molecule has 0 aliphatic carbocycles. The van der Waals surface area contributed by atoms with Gasteiger partial charge in [-0.1, -0.05) is 13.5 Å². The first-order chi connectivity index (χ1) is 13.7. The Morgan fingerprint density at radius 3 is 2.75 bits per heavy atom. The van der Waals surface area contributed by atoms with Gasteiger partial charge in [-0.25, -0.2) is 9.97 Å². The van der Waals surface area contributed by atoms with Crippen molar-refractivity contribution in [3.05, 3.63) is 73.5 Å². The van der Waals surface area contributed by atoms with E-state index in [4.69, 9.17) is 0 Å². The molecule has 0 aliphatic heterocycles. The number of nitrogens with zero attached hydrogens (tertiary/aromatic N) is 3. The molecule has 28 heavy (non-hydrogen) atoms. The molecule has 6 heteroatoms. The van der Waals surface area contributed by atoms with Crippen LogP contribution in [0.5, 0.6) is 0 Å². The molecule has 6 nitrogen and oxygen atoms in total. The SMILES string of the molecule is C=CC(=O)Nc1cc(-c2cnc3[nH]cc(-c4ccnc(CC)c4)c3c2)ccn1. The third kappa shape index (κ3) is 3.40. The lowest BCUT2D eigenvalue weighted by molar-refractivity contribution is -0.111. The van der Waals surface area contributed by atoms with Gasteiger partial charge < -0.3 is 10.3 Å². The van der Waals surface area contributed by atoms with Gasteiger partial charge in [0.25, 0.3) is 0 Å². The Hall–Kier alpha value is -3.80. The Bertz CT molecular complexity index is 1180. The van der Waals surface area contributed by atoms with E-state index in [0.717, 1.165) is 45.4 Å². The van der Waals surface area contributed by atoms with Crippen molar-refractivity contribution in [3.63, 3.8) is 0 Å². The van der Waals surface area contributed by atoms with Crippen LogP contribution in [0.2, 0.25) is 0 Å². The highest BCUT2D eigenvalue weighted by Gasteiger charge is 2.10. The zero-order valence-corrected chi connectivity index (χ0v) is 15.4. The first kappa shape index (κ1) is 17.6. The van der Waals surface area contributed by atoms with Crippen LogP contribution in [-0.2, 0) is 11.2 Å². The van der Waals surface area contributed by atoms with Crippen molar-refractivity contribution >= 4 is 22.8 Å². The van der Waals surface area contributed by atoms with Crippen molar-refractivity contribution in [2.75, 3.05) is 5.32 Å². The number of nitrogens with one attached hydrogen (secondary N) is 2. The average molecular weight is 369 g/mol. The highest BCUT2D eigenvalue weighted by molar-refractivity contribution is 5.99. The maximum Gasteiger partial charge on any atom is 0.248 e. The van der Waals surface area contributed by atoms with E-state index in [1.807, 2.05) is 30.6 Å². The summed E-state index contributed by atoms with van der Waals surface area (Å²) in [5.41, 5.74) is 5.91. The second kappa shape index (κ2) is 7.44. The summed E-state index contributed by atoms with van der Waals surface area (Å²) >= 11 is 0. The van der Waals surface area contributed by atoms with Crippen molar-refractivity contribution in [1.29, 1.82) is 0 Å². The Balaban J connectivity index is 1.77. The van der Waals surface area contributed by atoms with Crippen molar-refractivity contribution in [2.45, 2.75) is 13.3 Å². The normalized spacial score (nSPS) is 10.8. The fourth-order valence-corrected chi connectivity index (χ4v) is 3.09. The van der Waals surface area contributed by atoms with E-state index in [2.05, 4.69) is 50.9 Å². The second-order valence-electron chi connectivity index (χ2n) is 6.34. The van der Waals surface area contributed by atoms with E-state index in [-0.39, 0.29) is 5.91 Å². The number of anilines is 1. The van der Waals surface area contributed by atoms with Gasteiger partial charge in [-0.2, -0.15) is 0 Å². The predicted octanol–water partition coefficient (Wildman–Crippen LogP) is 4.37. The van der Waals surface area contributed by atoms with Gasteiger partial charge in [-0.15, -0.1) is 0 Å². The summed E-state index contributed by atoms with van der Waals surface area (Å²) in [6, 6.07) is 9.90. The van der Waals surface area contributed by atoms with Crippen molar-refractivity contribution in [2.24, 2.45) is 0 Å². The number of amides is 1. The molecule has 0 saturated heterocycles. The first-order valence-electron chi connectivity index (χ1n) is 9.00. The van der Waals surface area contributed by atoms with Crippen LogP contribution < -0.4 is 5.32 Å². The fraction of sp³-hybridized carbons (Fsp3) is 0.0909. The van der Waals surface area contributed by atoms with E-state index in [1.165, 1.54) is 6.08 Å². The number of pyridine rings is 3. The predicted molar refractivity (Wildman–Crippen MR) is 111 cm³/mol.